The van der Waals surface area contributed by atoms with Gasteiger partial charge in [-0.25, -0.2) is 35.3 Å². The lowest BCUT2D eigenvalue weighted by molar-refractivity contribution is -0.250. The number of sulfonamides is 1. The molecule has 1 aromatic heterocycles. The first-order chi connectivity index (χ1) is 50.5. The molecular formula is C78H101F5N10O10S4. The van der Waals surface area contributed by atoms with E-state index in [1.807, 2.05) is 93.9 Å². The van der Waals surface area contributed by atoms with E-state index in [4.69, 9.17) is 0 Å². The molecule has 0 spiro atoms. The van der Waals surface area contributed by atoms with Crippen LogP contribution in [-0.2, 0) is 39.0 Å². The third kappa shape index (κ3) is 19.4. The second-order valence-electron chi connectivity index (χ2n) is 32.2. The van der Waals surface area contributed by atoms with E-state index in [-0.39, 0.29) is 65.8 Å². The molecule has 0 radical (unpaired) electrons. The molecule has 582 valence electrons. The number of sulfone groups is 1. The van der Waals surface area contributed by atoms with Gasteiger partial charge in [-0.3, -0.25) is 28.9 Å². The van der Waals surface area contributed by atoms with E-state index >= 15 is 0 Å². The molecule has 7 aliphatic rings. The number of aromatic nitrogens is 1. The van der Waals surface area contributed by atoms with Crippen molar-refractivity contribution in [3.05, 3.63) is 131 Å². The molecule has 2 bridgehead atoms. The Balaban J connectivity index is 0.630. The summed E-state index contributed by atoms with van der Waals surface area (Å²) in [6, 6.07) is 22.4. The Bertz CT molecular complexity index is 4260. The van der Waals surface area contributed by atoms with Crippen molar-refractivity contribution >= 4 is 83.9 Å². The molecule has 29 heteroatoms. The van der Waals surface area contributed by atoms with E-state index in [1.165, 1.54) is 39.9 Å². The minimum Gasteiger partial charge on any atom is -0.391 e. The number of aryl methyl sites for hydroxylation is 1. The summed E-state index contributed by atoms with van der Waals surface area (Å²) < 4.78 is 128. The summed E-state index contributed by atoms with van der Waals surface area (Å²) >= 11 is 2.93. The normalized spacial score (nSPS) is 22.9. The summed E-state index contributed by atoms with van der Waals surface area (Å²) in [5, 5.41) is 22.8. The van der Waals surface area contributed by atoms with Gasteiger partial charge < -0.3 is 41.1 Å². The highest BCUT2D eigenvalue weighted by molar-refractivity contribution is 7.99. The second kappa shape index (κ2) is 33.3. The maximum Gasteiger partial charge on any atom is 0.501 e. The van der Waals surface area contributed by atoms with Crippen molar-refractivity contribution in [1.29, 1.82) is 0 Å². The number of β-amino-alcohol motifs (C(OH)–C–C–N with tert-alkyl or cyclic N) is 1. The molecule has 5 amide bonds. The van der Waals surface area contributed by atoms with Crippen molar-refractivity contribution in [2.75, 3.05) is 74.9 Å². The minimum atomic E-state index is -6.19. The Morgan fingerprint density at radius 2 is 1.48 bits per heavy atom. The van der Waals surface area contributed by atoms with Gasteiger partial charge in [0.25, 0.3) is 25.8 Å². The standard InChI is InChI=1S/C78H101F5N10O10S4/c1-50(52-19-21-53(22-20-52)68-51(2)84-49-105-68)85-71(98)64-39-59(94)44-93(64)72(99)69(74(3,4)5)88-67(96)18-14-9-8-13-17-66(95)87-56-30-33-90(43-56)34-31-57(45-104-60-15-11-10-12-16-60)86-63-28-27-61(40-65(63)106(100,101)78(81,82)83)107(102,103)89-70(97)54-23-25-58(26-24-54)92-37-35-91(36-38-92)42-55-29-32-75(6,7)41-62(55)76-46-77(47-76,48-76)73(79)80/h10-12,15-16,19-28,40,49-50,56-57,59,64,69,73,86,94H,8-9,13-14,17-18,29-39,41-48H2,1-7H3,(H,85,98)(H,87,95)(H,88,96)(H,89,97)/t50-,56+,57+,59+,64-,69+,76?,77?/m0/s1. The molecule has 3 saturated heterocycles. The van der Waals surface area contributed by atoms with Gasteiger partial charge in [-0.2, -0.15) is 13.2 Å². The van der Waals surface area contributed by atoms with Crippen LogP contribution in [0.1, 0.15) is 166 Å². The number of halogens is 5. The molecule has 5 aromatic rings. The topological polar surface area (TPSA) is 260 Å². The van der Waals surface area contributed by atoms with Crippen molar-refractivity contribution in [3.63, 3.8) is 0 Å². The fourth-order valence-corrected chi connectivity index (χ4v) is 20.0. The average Bonchev–Trinajstić information content (AvgIpc) is 1.14. The van der Waals surface area contributed by atoms with Crippen LogP contribution in [0.3, 0.4) is 0 Å². The molecule has 4 aliphatic carbocycles. The van der Waals surface area contributed by atoms with Crippen LogP contribution in [0.2, 0.25) is 0 Å². The number of carbonyl (C=O) groups is 5. The van der Waals surface area contributed by atoms with E-state index in [0.717, 1.165) is 83.3 Å². The maximum absolute atomic E-state index is 14.6. The number of likely N-dealkylation sites (tertiary alicyclic amines) is 2. The van der Waals surface area contributed by atoms with E-state index in [0.29, 0.717) is 96.6 Å². The monoisotopic (exact) mass is 1560 g/mol. The van der Waals surface area contributed by atoms with E-state index in [1.54, 1.807) is 29.0 Å². The number of aliphatic hydroxyl groups is 1. The van der Waals surface area contributed by atoms with Crippen molar-refractivity contribution in [2.45, 2.75) is 208 Å². The zero-order chi connectivity index (χ0) is 77.0. The highest BCUT2D eigenvalue weighted by Crippen LogP contribution is 2.79. The second-order valence-corrected chi connectivity index (χ2v) is 37.7. The highest BCUT2D eigenvalue weighted by atomic mass is 32.2. The molecule has 3 saturated carbocycles. The first-order valence-electron chi connectivity index (χ1n) is 37.2. The van der Waals surface area contributed by atoms with Gasteiger partial charge in [0, 0.05) is 118 Å². The van der Waals surface area contributed by atoms with Crippen LogP contribution >= 0.6 is 23.1 Å². The van der Waals surface area contributed by atoms with Gasteiger partial charge in [-0.15, -0.1) is 23.1 Å². The number of nitrogens with zero attached hydrogens (tertiary/aromatic N) is 5. The van der Waals surface area contributed by atoms with Gasteiger partial charge in [0.2, 0.25) is 30.1 Å². The van der Waals surface area contributed by atoms with Crippen LogP contribution in [0.25, 0.3) is 10.4 Å². The zero-order valence-electron chi connectivity index (χ0n) is 61.9. The number of allylic oxidation sites excluding steroid dienone is 1. The Morgan fingerprint density at radius 1 is 0.804 bits per heavy atom. The summed E-state index contributed by atoms with van der Waals surface area (Å²) in [4.78, 5) is 80.4. The van der Waals surface area contributed by atoms with Crippen molar-refractivity contribution in [3.8, 4) is 10.4 Å². The lowest BCUT2D eigenvalue weighted by Crippen LogP contribution is -2.66. The number of carbonyl (C=O) groups excluding carboxylic acids is 5. The number of rotatable bonds is 31. The summed E-state index contributed by atoms with van der Waals surface area (Å²) in [6.45, 7) is 18.8. The predicted octanol–water partition coefficient (Wildman–Crippen LogP) is 12.5. The summed E-state index contributed by atoms with van der Waals surface area (Å²) in [5.74, 6) is -2.18. The first-order valence-corrected chi connectivity index (χ1v) is 42.0. The Morgan fingerprint density at radius 3 is 2.11 bits per heavy atom. The molecule has 6 fully saturated rings. The Kier molecular flexibility index (Phi) is 25.2. The Hall–Kier alpha value is -7.02. The van der Waals surface area contributed by atoms with Crippen molar-refractivity contribution in [1.82, 2.24) is 40.4 Å². The molecule has 107 heavy (non-hydrogen) atoms. The quantitative estimate of drug-likeness (QED) is 0.0104. The number of amides is 5. The highest BCUT2D eigenvalue weighted by Gasteiger charge is 2.73. The fourth-order valence-electron chi connectivity index (χ4n) is 16.2. The SMILES string of the molecule is Cc1ncsc1-c1ccc([C@H](C)NC(=O)[C@@H]2C[C@@H](O)CN2C(=O)[C@@H](NC(=O)CCCCCCC(=O)N[C@@H]2CCN(CC[C@H](CSc3ccccc3)Nc3ccc(S(=O)(=O)NC(=O)c4ccc(N5CCN(CC6=C(C78CC(C(F)F)(C7)C8)CC(C)(C)CC6)CC5)cc4)cc3S(=O)(=O)C(F)(F)F)C2)C(C)(C)C)cc1. The molecule has 0 unspecified atom stereocenters. The van der Waals surface area contributed by atoms with Gasteiger partial charge in [0.05, 0.1) is 38.8 Å². The van der Waals surface area contributed by atoms with Crippen LogP contribution in [0.15, 0.2) is 128 Å². The predicted molar refractivity (Wildman–Crippen MR) is 405 cm³/mol. The summed E-state index contributed by atoms with van der Waals surface area (Å²) in [6.07, 6.45) is 5.14. The van der Waals surface area contributed by atoms with E-state index in [2.05, 4.69) is 54.8 Å². The molecular weight excluding hydrogens is 1460 g/mol. The molecule has 3 aliphatic heterocycles. The largest absolute Gasteiger partial charge is 0.501 e. The number of hydrogen-bond acceptors (Lipinski definition) is 17. The minimum absolute atomic E-state index is 0.0527. The van der Waals surface area contributed by atoms with Gasteiger partial charge in [-0.05, 0) is 160 Å². The lowest BCUT2D eigenvalue weighted by Gasteiger charge is -2.72. The molecule has 4 heterocycles. The first kappa shape index (κ1) is 81.0. The number of benzene rings is 4. The number of aliphatic hydroxyl groups excluding tert-OH is 1. The van der Waals surface area contributed by atoms with E-state index in [9.17, 15) is 67.9 Å². The van der Waals surface area contributed by atoms with Crippen molar-refractivity contribution in [2.24, 2.45) is 21.7 Å². The van der Waals surface area contributed by atoms with Crippen LogP contribution in [0.5, 0.6) is 0 Å². The number of anilines is 2. The molecule has 6 N–H and O–H groups in total. The Labute approximate surface area is 633 Å². The van der Waals surface area contributed by atoms with Crippen LogP contribution in [-0.4, -0.2) is 178 Å². The molecule has 6 atom stereocenters. The third-order valence-electron chi connectivity index (χ3n) is 22.3. The number of thioether (sulfide) groups is 1. The van der Waals surface area contributed by atoms with Crippen LogP contribution in [0.4, 0.5) is 33.3 Å². The van der Waals surface area contributed by atoms with Gasteiger partial charge in [-0.1, -0.05) is 101 Å². The zero-order valence-corrected chi connectivity index (χ0v) is 65.2. The van der Waals surface area contributed by atoms with Crippen LogP contribution < -0.4 is 30.9 Å². The van der Waals surface area contributed by atoms with Gasteiger partial charge in [0.15, 0.2) is 0 Å². The number of thiazole rings is 1. The smallest absolute Gasteiger partial charge is 0.391 e. The van der Waals surface area contributed by atoms with Crippen LogP contribution in [0, 0.1) is 28.6 Å². The third-order valence-corrected chi connectivity index (χ3v) is 27.3. The number of alkyl halides is 5. The number of unbranched alkanes of at least 4 members (excludes halogenated alkanes) is 3. The summed E-state index contributed by atoms with van der Waals surface area (Å²) in [7, 11) is -11.2. The van der Waals surface area contributed by atoms with E-state index < -0.39 is 106 Å². The number of hydrogen-bond donors (Lipinski definition) is 6. The molecule has 20 nitrogen and oxygen atoms in total. The molecule has 12 rings (SSSR count). The van der Waals surface area contributed by atoms with Crippen molar-refractivity contribution < 1.29 is 67.9 Å². The maximum atomic E-state index is 14.6. The van der Waals surface area contributed by atoms with Gasteiger partial charge >= 0.3 is 5.51 Å². The summed E-state index contributed by atoms with van der Waals surface area (Å²) in [5.41, 5.74) is 0.310. The number of piperazine rings is 1. The average molecular weight is 1560 g/mol. The fraction of sp³-hybridized carbons (Fsp3) is 0.564. The lowest BCUT2D eigenvalue weighted by atomic mass is 9.32. The molecule has 4 aromatic carbocycles. The number of nitrogens with one attached hydrogen (secondary N) is 5. The van der Waals surface area contributed by atoms with Gasteiger partial charge in [0.1, 0.15) is 17.0 Å².